The van der Waals surface area contributed by atoms with Gasteiger partial charge in [-0.05, 0) is 66.4 Å². The van der Waals surface area contributed by atoms with Crippen molar-refractivity contribution in [2.75, 3.05) is 12.1 Å². The van der Waals surface area contributed by atoms with Gasteiger partial charge in [0, 0.05) is 11.1 Å². The van der Waals surface area contributed by atoms with Crippen LogP contribution in [-0.4, -0.2) is 17.7 Å². The number of fused-ring (bicyclic) bond motifs is 2. The Morgan fingerprint density at radius 3 is 2.78 bits per heavy atom. The first-order chi connectivity index (χ1) is 15.5. The number of aromatic nitrogens is 1. The predicted octanol–water partition coefficient (Wildman–Crippen LogP) is 6.64. The van der Waals surface area contributed by atoms with E-state index in [2.05, 4.69) is 36.3 Å². The van der Waals surface area contributed by atoms with Crippen LogP contribution in [0.4, 0.5) is 5.69 Å². The van der Waals surface area contributed by atoms with E-state index in [1.807, 2.05) is 12.1 Å². The Bertz CT molecular complexity index is 1330. The molecule has 2 heterocycles. The van der Waals surface area contributed by atoms with E-state index in [4.69, 9.17) is 25.5 Å². The summed E-state index contributed by atoms with van der Waals surface area (Å²) in [6.45, 7) is 4.50. The third-order valence-corrected chi connectivity index (χ3v) is 6.02. The van der Waals surface area contributed by atoms with Crippen LogP contribution in [0.1, 0.15) is 42.1 Å². The highest BCUT2D eigenvalue weighted by Gasteiger charge is 2.18. The number of nitrogens with one attached hydrogen (secondary N) is 1. The van der Waals surface area contributed by atoms with E-state index in [9.17, 15) is 4.79 Å². The Balaban J connectivity index is 1.43. The van der Waals surface area contributed by atoms with Crippen LogP contribution >= 0.6 is 11.6 Å². The number of hydrogen-bond acceptors (Lipinski definition) is 5. The first-order valence-electron chi connectivity index (χ1n) is 10.4. The summed E-state index contributed by atoms with van der Waals surface area (Å²) in [7, 11) is 0. The Labute approximate surface area is 190 Å². The molecule has 1 atom stereocenters. The quantitative estimate of drug-likeness (QED) is 0.370. The predicted molar refractivity (Wildman–Crippen MR) is 124 cm³/mol. The van der Waals surface area contributed by atoms with Crippen molar-refractivity contribution in [2.45, 2.75) is 26.2 Å². The van der Waals surface area contributed by atoms with Gasteiger partial charge >= 0.3 is 0 Å². The first kappa shape index (κ1) is 20.4. The molecule has 1 N–H and O–H groups in total. The molecular formula is C25H21ClN2O4. The van der Waals surface area contributed by atoms with Crippen molar-refractivity contribution >= 4 is 34.3 Å². The van der Waals surface area contributed by atoms with Crippen molar-refractivity contribution in [3.05, 3.63) is 70.7 Å². The third-order valence-electron chi connectivity index (χ3n) is 5.69. The Morgan fingerprint density at radius 2 is 1.94 bits per heavy atom. The van der Waals surface area contributed by atoms with E-state index >= 15 is 0 Å². The summed E-state index contributed by atoms with van der Waals surface area (Å²) in [4.78, 5) is 17.4. The summed E-state index contributed by atoms with van der Waals surface area (Å²) in [5.74, 6) is 1.78. The van der Waals surface area contributed by atoms with Crippen LogP contribution < -0.4 is 14.8 Å². The molecular weight excluding hydrogens is 428 g/mol. The van der Waals surface area contributed by atoms with Gasteiger partial charge in [-0.3, -0.25) is 4.79 Å². The summed E-state index contributed by atoms with van der Waals surface area (Å²) < 4.78 is 16.6. The van der Waals surface area contributed by atoms with Crippen molar-refractivity contribution < 1.29 is 18.7 Å². The number of anilines is 1. The summed E-state index contributed by atoms with van der Waals surface area (Å²) in [6.07, 6.45) is 1.06. The van der Waals surface area contributed by atoms with Crippen molar-refractivity contribution in [3.63, 3.8) is 0 Å². The van der Waals surface area contributed by atoms with Crippen molar-refractivity contribution in [1.82, 2.24) is 4.98 Å². The molecule has 7 heteroatoms. The molecule has 0 fully saturated rings. The van der Waals surface area contributed by atoms with Crippen LogP contribution in [0, 0.1) is 0 Å². The summed E-state index contributed by atoms with van der Waals surface area (Å²) in [6, 6.07) is 16.4. The fourth-order valence-electron chi connectivity index (χ4n) is 3.60. The number of rotatable bonds is 5. The highest BCUT2D eigenvalue weighted by molar-refractivity contribution is 6.34. The Hall–Kier alpha value is -3.51. The second kappa shape index (κ2) is 8.20. The number of benzene rings is 3. The van der Waals surface area contributed by atoms with Gasteiger partial charge in [0.1, 0.15) is 5.52 Å². The molecule has 0 unspecified atom stereocenters. The van der Waals surface area contributed by atoms with Gasteiger partial charge in [0.2, 0.25) is 12.7 Å². The lowest BCUT2D eigenvalue weighted by Gasteiger charge is -2.09. The smallest absolute Gasteiger partial charge is 0.255 e. The van der Waals surface area contributed by atoms with Crippen molar-refractivity contribution in [3.8, 4) is 23.0 Å². The Morgan fingerprint density at radius 1 is 1.09 bits per heavy atom. The number of ether oxygens (including phenoxy) is 2. The van der Waals surface area contributed by atoms with E-state index < -0.39 is 0 Å². The number of nitrogens with zero attached hydrogens (tertiary/aromatic N) is 1. The average molecular weight is 449 g/mol. The maximum atomic E-state index is 12.8. The molecule has 1 aliphatic heterocycles. The van der Waals surface area contributed by atoms with E-state index in [1.54, 1.807) is 30.3 Å². The fraction of sp³-hybridized carbons (Fsp3) is 0.200. The third kappa shape index (κ3) is 3.78. The molecule has 1 aromatic heterocycles. The fourth-order valence-corrected chi connectivity index (χ4v) is 3.76. The second-order valence-corrected chi connectivity index (χ2v) is 8.18. The van der Waals surface area contributed by atoms with Crippen LogP contribution in [0.3, 0.4) is 0 Å². The zero-order chi connectivity index (χ0) is 22.2. The van der Waals surface area contributed by atoms with Gasteiger partial charge < -0.3 is 19.2 Å². The summed E-state index contributed by atoms with van der Waals surface area (Å²) in [5.41, 5.74) is 4.38. The molecule has 0 bridgehead atoms. The van der Waals surface area contributed by atoms with Crippen molar-refractivity contribution in [1.29, 1.82) is 0 Å². The Kier molecular flexibility index (Phi) is 5.23. The molecule has 1 aliphatic rings. The maximum Gasteiger partial charge on any atom is 0.255 e. The number of oxazole rings is 1. The topological polar surface area (TPSA) is 73.6 Å². The minimum Gasteiger partial charge on any atom is -0.454 e. The molecule has 162 valence electrons. The van der Waals surface area contributed by atoms with Crippen LogP contribution in [0.15, 0.2) is 59.0 Å². The number of halogens is 1. The molecule has 1 amide bonds. The van der Waals surface area contributed by atoms with Gasteiger partial charge in [0.05, 0.1) is 10.7 Å². The molecule has 0 saturated heterocycles. The minimum atomic E-state index is -0.307. The molecule has 0 radical (unpaired) electrons. The van der Waals surface area contributed by atoms with E-state index in [1.165, 1.54) is 5.56 Å². The minimum absolute atomic E-state index is 0.150. The summed E-state index contributed by atoms with van der Waals surface area (Å²) >= 11 is 6.35. The number of amides is 1. The first-order valence-corrected chi connectivity index (χ1v) is 10.8. The van der Waals surface area contributed by atoms with Gasteiger partial charge in [-0.1, -0.05) is 31.5 Å². The lowest BCUT2D eigenvalue weighted by molar-refractivity contribution is 0.102. The number of carbonyl (C=O) groups excluding carboxylic acids is 1. The molecule has 32 heavy (non-hydrogen) atoms. The molecule has 0 aliphatic carbocycles. The van der Waals surface area contributed by atoms with Gasteiger partial charge in [-0.15, -0.1) is 0 Å². The highest BCUT2D eigenvalue weighted by atomic mass is 35.5. The van der Waals surface area contributed by atoms with Gasteiger partial charge in [0.25, 0.3) is 5.91 Å². The van der Waals surface area contributed by atoms with Crippen LogP contribution in [0.25, 0.3) is 22.6 Å². The number of hydrogen-bond donors (Lipinski definition) is 1. The molecule has 4 aromatic rings. The molecule has 0 saturated carbocycles. The molecule has 6 nitrogen and oxygen atoms in total. The summed E-state index contributed by atoms with van der Waals surface area (Å²) in [5, 5.41) is 3.27. The van der Waals surface area contributed by atoms with E-state index in [0.717, 1.165) is 17.5 Å². The standard InChI is InChI=1S/C25H21ClN2O4/c1-3-14(2)15-5-8-21-20(10-15)28-25(32-21)17-4-7-18(26)19(11-17)27-24(29)16-6-9-22-23(12-16)31-13-30-22/h4-12,14H,3,13H2,1-2H3,(H,27,29)/t14-/m1/s1. The van der Waals surface area contributed by atoms with E-state index in [-0.39, 0.29) is 12.7 Å². The largest absolute Gasteiger partial charge is 0.454 e. The van der Waals surface area contributed by atoms with E-state index in [0.29, 0.717) is 45.2 Å². The zero-order valence-electron chi connectivity index (χ0n) is 17.6. The second-order valence-electron chi connectivity index (χ2n) is 7.77. The molecule has 5 rings (SSSR count). The lowest BCUT2D eigenvalue weighted by Crippen LogP contribution is -2.12. The lowest BCUT2D eigenvalue weighted by atomic mass is 9.98. The van der Waals surface area contributed by atoms with Crippen LogP contribution in [0.2, 0.25) is 5.02 Å². The van der Waals surface area contributed by atoms with Gasteiger partial charge in [-0.2, -0.15) is 0 Å². The molecule has 0 spiro atoms. The van der Waals surface area contributed by atoms with Crippen molar-refractivity contribution in [2.24, 2.45) is 0 Å². The van der Waals surface area contributed by atoms with Gasteiger partial charge in [-0.25, -0.2) is 4.98 Å². The zero-order valence-corrected chi connectivity index (χ0v) is 18.4. The maximum absolute atomic E-state index is 12.8. The highest BCUT2D eigenvalue weighted by Crippen LogP contribution is 2.34. The number of carbonyl (C=O) groups is 1. The monoisotopic (exact) mass is 448 g/mol. The SMILES string of the molecule is CC[C@@H](C)c1ccc2oc(-c3ccc(Cl)c(NC(=O)c4ccc5c(c4)OCO5)c3)nc2c1. The van der Waals surface area contributed by atoms with Crippen LogP contribution in [0.5, 0.6) is 11.5 Å². The normalized spacial score (nSPS) is 13.3. The molecule has 3 aromatic carbocycles. The van der Waals surface area contributed by atoms with Gasteiger partial charge in [0.15, 0.2) is 17.1 Å². The van der Waals surface area contributed by atoms with Crippen LogP contribution in [-0.2, 0) is 0 Å². The average Bonchev–Trinajstić information content (AvgIpc) is 3.45.